The first kappa shape index (κ1) is 17.2. The van der Waals surface area contributed by atoms with Crippen LogP contribution in [0.25, 0.3) is 0 Å². The van der Waals surface area contributed by atoms with E-state index in [4.69, 9.17) is 10.9 Å². The van der Waals surface area contributed by atoms with E-state index in [1.54, 1.807) is 4.31 Å². The van der Waals surface area contributed by atoms with Crippen molar-refractivity contribution >= 4 is 15.9 Å². The molecule has 0 aromatic heterocycles. The van der Waals surface area contributed by atoms with Crippen LogP contribution in [0.4, 0.5) is 0 Å². The zero-order valence-electron chi connectivity index (χ0n) is 12.5. The lowest BCUT2D eigenvalue weighted by molar-refractivity contribution is 0.161. The summed E-state index contributed by atoms with van der Waals surface area (Å²) in [4.78, 5) is 2.07. The predicted octanol–water partition coefficient (Wildman–Crippen LogP) is 0.115. The Morgan fingerprint density at radius 2 is 1.85 bits per heavy atom. The maximum Gasteiger partial charge on any atom is 0.214 e. The van der Waals surface area contributed by atoms with E-state index in [-0.39, 0.29) is 23.5 Å². The number of amidine groups is 1. The molecule has 1 atom stereocenters. The minimum atomic E-state index is -3.17. The first-order chi connectivity index (χ1) is 9.31. The molecule has 1 heterocycles. The van der Waals surface area contributed by atoms with Crippen molar-refractivity contribution < 1.29 is 13.6 Å². The van der Waals surface area contributed by atoms with Crippen molar-refractivity contribution in [3.8, 4) is 0 Å². The van der Waals surface area contributed by atoms with Crippen molar-refractivity contribution in [1.82, 2.24) is 9.21 Å². The summed E-state index contributed by atoms with van der Waals surface area (Å²) in [6, 6.07) is -0.130. The molecule has 0 aromatic carbocycles. The van der Waals surface area contributed by atoms with Crippen LogP contribution in [0.5, 0.6) is 0 Å². The molecule has 1 aliphatic heterocycles. The van der Waals surface area contributed by atoms with Gasteiger partial charge in [0.25, 0.3) is 0 Å². The molecule has 0 amide bonds. The number of rotatable bonds is 6. The number of nitrogens with two attached hydrogens (primary N) is 1. The molecule has 3 N–H and O–H groups in total. The van der Waals surface area contributed by atoms with Crippen molar-refractivity contribution in [3.63, 3.8) is 0 Å². The van der Waals surface area contributed by atoms with Gasteiger partial charge in [0.1, 0.15) is 0 Å². The van der Waals surface area contributed by atoms with Crippen LogP contribution >= 0.6 is 0 Å². The van der Waals surface area contributed by atoms with Crippen LogP contribution in [-0.4, -0.2) is 66.6 Å². The Balaban J connectivity index is 2.64. The zero-order chi connectivity index (χ0) is 15.3. The van der Waals surface area contributed by atoms with E-state index < -0.39 is 10.0 Å². The molecule has 0 spiro atoms. The number of piperazine rings is 1. The van der Waals surface area contributed by atoms with Gasteiger partial charge in [-0.2, -0.15) is 4.31 Å². The second-order valence-electron chi connectivity index (χ2n) is 5.56. The molecular formula is C12H26N4O3S. The van der Waals surface area contributed by atoms with Gasteiger partial charge in [-0.1, -0.05) is 25.9 Å². The van der Waals surface area contributed by atoms with Gasteiger partial charge in [-0.3, -0.25) is 4.90 Å². The first-order valence-electron chi connectivity index (χ1n) is 7.01. The molecular weight excluding hydrogens is 280 g/mol. The minimum absolute atomic E-state index is 0.124. The van der Waals surface area contributed by atoms with Crippen LogP contribution in [0.2, 0.25) is 0 Å². The molecule has 8 heteroatoms. The summed E-state index contributed by atoms with van der Waals surface area (Å²) in [5.74, 6) is 0.495. The van der Waals surface area contributed by atoms with Crippen LogP contribution in [-0.2, 0) is 10.0 Å². The lowest BCUT2D eigenvalue weighted by Gasteiger charge is -2.38. The quantitative estimate of drug-likeness (QED) is 0.314. The average Bonchev–Trinajstić information content (AvgIpc) is 2.38. The minimum Gasteiger partial charge on any atom is -0.409 e. The zero-order valence-corrected chi connectivity index (χ0v) is 13.3. The van der Waals surface area contributed by atoms with E-state index >= 15 is 0 Å². The largest absolute Gasteiger partial charge is 0.409 e. The fourth-order valence-corrected chi connectivity index (χ4v) is 4.31. The predicted molar refractivity (Wildman–Crippen MR) is 79.3 cm³/mol. The van der Waals surface area contributed by atoms with Crippen LogP contribution in [0, 0.1) is 5.92 Å². The molecule has 1 unspecified atom stereocenters. The van der Waals surface area contributed by atoms with Crippen molar-refractivity contribution in [2.45, 2.75) is 33.2 Å². The standard InChI is InChI=1S/C12H26N4O3S/c1-4-11(12(13)14-17)15-5-7-16(8-6-15)20(18,19)9-10(2)3/h10-11,17H,4-9H2,1-3H3,(H2,13,14). The molecule has 7 nitrogen and oxygen atoms in total. The molecule has 1 fully saturated rings. The summed E-state index contributed by atoms with van der Waals surface area (Å²) in [6.45, 7) is 7.90. The van der Waals surface area contributed by atoms with E-state index in [1.165, 1.54) is 0 Å². The van der Waals surface area contributed by atoms with Crippen molar-refractivity contribution in [1.29, 1.82) is 0 Å². The highest BCUT2D eigenvalue weighted by atomic mass is 32.2. The number of oxime groups is 1. The molecule has 118 valence electrons. The van der Waals surface area contributed by atoms with Crippen molar-refractivity contribution in [2.24, 2.45) is 16.8 Å². The Hall–Kier alpha value is -0.860. The van der Waals surface area contributed by atoms with E-state index in [0.29, 0.717) is 26.2 Å². The summed E-state index contributed by atoms with van der Waals surface area (Å²) in [5.41, 5.74) is 5.67. The Morgan fingerprint density at radius 3 is 2.25 bits per heavy atom. The van der Waals surface area contributed by atoms with Crippen molar-refractivity contribution in [2.75, 3.05) is 31.9 Å². The normalized spacial score (nSPS) is 21.3. The molecule has 1 aliphatic rings. The van der Waals surface area contributed by atoms with Gasteiger partial charge in [0.2, 0.25) is 10.0 Å². The third kappa shape index (κ3) is 4.32. The highest BCUT2D eigenvalue weighted by Gasteiger charge is 2.31. The van der Waals surface area contributed by atoms with Gasteiger partial charge >= 0.3 is 0 Å². The number of hydrogen-bond acceptors (Lipinski definition) is 5. The lowest BCUT2D eigenvalue weighted by Crippen LogP contribution is -2.55. The summed E-state index contributed by atoms with van der Waals surface area (Å²) in [6.07, 6.45) is 0.731. The molecule has 1 rings (SSSR count). The third-order valence-electron chi connectivity index (χ3n) is 3.49. The van der Waals surface area contributed by atoms with E-state index in [2.05, 4.69) is 10.1 Å². The van der Waals surface area contributed by atoms with E-state index in [9.17, 15) is 8.42 Å². The highest BCUT2D eigenvalue weighted by Crippen LogP contribution is 2.14. The smallest absolute Gasteiger partial charge is 0.214 e. The molecule has 0 bridgehead atoms. The van der Waals surface area contributed by atoms with Gasteiger partial charge in [-0.05, 0) is 12.3 Å². The maximum absolute atomic E-state index is 12.2. The Kier molecular flexibility index (Phi) is 6.22. The number of hydrogen-bond donors (Lipinski definition) is 2. The van der Waals surface area contributed by atoms with Gasteiger partial charge in [-0.25, -0.2) is 8.42 Å². The van der Waals surface area contributed by atoms with Crippen molar-refractivity contribution in [3.05, 3.63) is 0 Å². The topological polar surface area (TPSA) is 99.2 Å². The summed E-state index contributed by atoms with van der Waals surface area (Å²) < 4.78 is 25.8. The molecule has 0 aliphatic carbocycles. The second kappa shape index (κ2) is 7.24. The summed E-state index contributed by atoms with van der Waals surface area (Å²) in [7, 11) is -3.17. The fraction of sp³-hybridized carbons (Fsp3) is 0.917. The highest BCUT2D eigenvalue weighted by molar-refractivity contribution is 7.89. The Morgan fingerprint density at radius 1 is 1.30 bits per heavy atom. The summed E-state index contributed by atoms with van der Waals surface area (Å²) >= 11 is 0. The monoisotopic (exact) mass is 306 g/mol. The van der Waals surface area contributed by atoms with E-state index in [1.807, 2.05) is 20.8 Å². The maximum atomic E-state index is 12.2. The Bertz CT molecular complexity index is 428. The lowest BCUT2D eigenvalue weighted by atomic mass is 10.1. The number of nitrogens with zero attached hydrogens (tertiary/aromatic N) is 3. The van der Waals surface area contributed by atoms with Crippen LogP contribution in [0.3, 0.4) is 0 Å². The van der Waals surface area contributed by atoms with Gasteiger partial charge in [0.05, 0.1) is 11.8 Å². The Labute approximate surface area is 121 Å². The van der Waals surface area contributed by atoms with Gasteiger partial charge in [0.15, 0.2) is 5.84 Å². The molecule has 0 saturated carbocycles. The molecule has 0 aromatic rings. The summed E-state index contributed by atoms with van der Waals surface area (Å²) in [5, 5.41) is 11.8. The first-order valence-corrected chi connectivity index (χ1v) is 8.62. The average molecular weight is 306 g/mol. The number of sulfonamides is 1. The van der Waals surface area contributed by atoms with Gasteiger partial charge in [-0.15, -0.1) is 0 Å². The fourth-order valence-electron chi connectivity index (χ4n) is 2.54. The van der Waals surface area contributed by atoms with Crippen LogP contribution in [0.1, 0.15) is 27.2 Å². The van der Waals surface area contributed by atoms with Gasteiger partial charge in [0, 0.05) is 26.2 Å². The molecule has 20 heavy (non-hydrogen) atoms. The van der Waals surface area contributed by atoms with Gasteiger partial charge < -0.3 is 10.9 Å². The SMILES string of the molecule is CCC(C(N)=NO)N1CCN(S(=O)(=O)CC(C)C)CC1. The third-order valence-corrected chi connectivity index (χ3v) is 5.73. The van der Waals surface area contributed by atoms with E-state index in [0.717, 1.165) is 6.42 Å². The van der Waals surface area contributed by atoms with Crippen LogP contribution in [0.15, 0.2) is 5.16 Å². The molecule has 1 saturated heterocycles. The molecule has 0 radical (unpaired) electrons. The second-order valence-corrected chi connectivity index (χ2v) is 7.57. The van der Waals surface area contributed by atoms with Crippen LogP contribution < -0.4 is 5.73 Å².